The summed E-state index contributed by atoms with van der Waals surface area (Å²) in [6, 6.07) is 13.1. The van der Waals surface area contributed by atoms with Crippen molar-refractivity contribution in [3.63, 3.8) is 0 Å². The summed E-state index contributed by atoms with van der Waals surface area (Å²) in [4.78, 5) is 27.4. The molecule has 0 aliphatic carbocycles. The van der Waals surface area contributed by atoms with Crippen LogP contribution in [0, 0.1) is 0 Å². The van der Waals surface area contributed by atoms with Crippen LogP contribution in [0.2, 0.25) is 5.02 Å². The molecular weight excluding hydrogens is 689 g/mol. The van der Waals surface area contributed by atoms with E-state index in [1.165, 1.54) is 0 Å². The van der Waals surface area contributed by atoms with E-state index in [0.717, 1.165) is 23.5 Å². The Labute approximate surface area is 307 Å². The first-order valence-electron chi connectivity index (χ1n) is 17.2. The number of quaternary nitrogens is 1. The van der Waals surface area contributed by atoms with Crippen LogP contribution in [0.1, 0.15) is 55.1 Å². The molecule has 3 rings (SSSR count). The number of ether oxygens (including phenoxy) is 7. The van der Waals surface area contributed by atoms with Crippen LogP contribution in [0.4, 0.5) is 11.4 Å². The molecule has 0 saturated carbocycles. The van der Waals surface area contributed by atoms with Crippen LogP contribution in [0.3, 0.4) is 0 Å². The van der Waals surface area contributed by atoms with Gasteiger partial charge < -0.3 is 61.5 Å². The molecule has 12 nitrogen and oxygen atoms in total. The standard InChI is InChI=1S/C36H54ClN3O9.ClH/c1-28-26-34(39-32-8-6-31(37)7-9-32)33-27-30(5-10-35(33)40(28)29(2)41)36(42)4-3-12-43-14-16-45-18-20-47-22-24-49-25-23-48-21-19-46-17-15-44-13-11-38;/h5-10,27-28,34,39H,3-4,11-26,38H2,1-2H3;1H/t28-,34+;/m0./s1. The molecule has 282 valence electrons. The number of Topliss-reactive ketones (excluding diaryl/α,β-unsaturated/α-hetero) is 1. The van der Waals surface area contributed by atoms with Crippen molar-refractivity contribution in [1.82, 2.24) is 0 Å². The third-order valence-corrected chi connectivity index (χ3v) is 7.99. The van der Waals surface area contributed by atoms with Crippen LogP contribution in [-0.4, -0.2) is 117 Å². The third-order valence-electron chi connectivity index (χ3n) is 7.74. The smallest absolute Gasteiger partial charge is 0.224 e. The molecule has 1 aliphatic rings. The van der Waals surface area contributed by atoms with Crippen molar-refractivity contribution in [3.05, 3.63) is 58.6 Å². The summed E-state index contributed by atoms with van der Waals surface area (Å²) in [7, 11) is 0. The average Bonchev–Trinajstić information content (AvgIpc) is 3.09. The number of benzene rings is 2. The molecule has 1 heterocycles. The summed E-state index contributed by atoms with van der Waals surface area (Å²) in [5, 5.41) is 4.23. The van der Waals surface area contributed by atoms with Gasteiger partial charge in [-0.2, -0.15) is 0 Å². The lowest BCUT2D eigenvalue weighted by Gasteiger charge is -2.39. The first kappa shape index (κ1) is 43.8. The number of amides is 1. The highest BCUT2D eigenvalue weighted by molar-refractivity contribution is 6.30. The second kappa shape index (κ2) is 26.4. The van der Waals surface area contributed by atoms with Crippen molar-refractivity contribution >= 4 is 34.7 Å². The number of halogens is 2. The summed E-state index contributed by atoms with van der Waals surface area (Å²) < 4.78 is 38.3. The van der Waals surface area contributed by atoms with Gasteiger partial charge in [0.15, 0.2) is 5.78 Å². The lowest BCUT2D eigenvalue weighted by molar-refractivity contribution is -0.374. The van der Waals surface area contributed by atoms with Gasteiger partial charge in [-0.05, 0) is 67.8 Å². The number of carbonyl (C=O) groups is 2. The second-order valence-corrected chi connectivity index (χ2v) is 12.1. The van der Waals surface area contributed by atoms with Crippen LogP contribution < -0.4 is 28.4 Å². The van der Waals surface area contributed by atoms with Crippen molar-refractivity contribution in [2.75, 3.05) is 109 Å². The summed E-state index contributed by atoms with van der Waals surface area (Å²) in [6.07, 6.45) is 1.69. The van der Waals surface area contributed by atoms with Crippen LogP contribution >= 0.6 is 11.6 Å². The molecule has 1 amide bonds. The third kappa shape index (κ3) is 16.8. The summed E-state index contributed by atoms with van der Waals surface area (Å²) >= 11 is 6.07. The molecule has 0 fully saturated rings. The minimum Gasteiger partial charge on any atom is -1.00 e. The van der Waals surface area contributed by atoms with Gasteiger partial charge in [0.05, 0.1) is 98.5 Å². The lowest BCUT2D eigenvalue weighted by Crippen LogP contribution is -3.00. The van der Waals surface area contributed by atoms with Crippen molar-refractivity contribution in [2.45, 2.75) is 45.2 Å². The van der Waals surface area contributed by atoms with Gasteiger partial charge >= 0.3 is 0 Å². The molecule has 2 aromatic carbocycles. The van der Waals surface area contributed by atoms with E-state index in [1.807, 2.05) is 54.3 Å². The summed E-state index contributed by atoms with van der Waals surface area (Å²) in [5.41, 5.74) is 7.03. The number of hydrogen-bond donors (Lipinski definition) is 2. The fourth-order valence-corrected chi connectivity index (χ4v) is 5.53. The molecule has 0 radical (unpaired) electrons. The van der Waals surface area contributed by atoms with E-state index in [2.05, 4.69) is 11.1 Å². The molecule has 2 aromatic rings. The molecule has 1 aliphatic heterocycles. The maximum atomic E-state index is 13.1. The monoisotopic (exact) mass is 743 g/mol. The molecule has 0 bridgehead atoms. The van der Waals surface area contributed by atoms with E-state index in [-0.39, 0.29) is 36.2 Å². The number of ketones is 1. The maximum Gasteiger partial charge on any atom is 0.224 e. The van der Waals surface area contributed by atoms with E-state index in [9.17, 15) is 9.59 Å². The second-order valence-electron chi connectivity index (χ2n) is 11.6. The zero-order chi connectivity index (χ0) is 35.1. The van der Waals surface area contributed by atoms with Gasteiger partial charge in [-0.3, -0.25) is 9.59 Å². The quantitative estimate of drug-likeness (QED) is 0.100. The Kier molecular flexibility index (Phi) is 23.1. The van der Waals surface area contributed by atoms with Gasteiger partial charge in [0, 0.05) is 48.0 Å². The van der Waals surface area contributed by atoms with Gasteiger partial charge in [-0.25, -0.2) is 0 Å². The van der Waals surface area contributed by atoms with Crippen LogP contribution in [0.15, 0.2) is 42.5 Å². The molecular formula is C36H55Cl2N3O9. The molecule has 0 spiro atoms. The topological polar surface area (TPSA) is 142 Å². The SMILES string of the molecule is CC(=O)N1c2ccc(C(=O)CCCOCCOCCOCCOCCOCCOCCOCC[NH3+])cc2[C@H](Nc2ccc(Cl)cc2)C[C@@H]1C.[Cl-]. The largest absolute Gasteiger partial charge is 1.00 e. The van der Waals surface area contributed by atoms with E-state index >= 15 is 0 Å². The minimum absolute atomic E-state index is 0. The van der Waals surface area contributed by atoms with Gasteiger partial charge in [-0.15, -0.1) is 0 Å². The van der Waals surface area contributed by atoms with Crippen LogP contribution in [0.25, 0.3) is 0 Å². The predicted octanol–water partition coefficient (Wildman–Crippen LogP) is 0.963. The molecule has 4 N–H and O–H groups in total. The number of rotatable bonds is 27. The fraction of sp³-hybridized carbons (Fsp3) is 0.611. The Bertz CT molecular complexity index is 1230. The van der Waals surface area contributed by atoms with Gasteiger partial charge in [0.1, 0.15) is 0 Å². The van der Waals surface area contributed by atoms with E-state index in [4.69, 9.17) is 44.8 Å². The Morgan fingerprint density at radius 1 is 0.760 bits per heavy atom. The van der Waals surface area contributed by atoms with Crippen molar-refractivity contribution in [1.29, 1.82) is 0 Å². The van der Waals surface area contributed by atoms with Crippen molar-refractivity contribution < 1.29 is 60.9 Å². The molecule has 2 atom stereocenters. The maximum absolute atomic E-state index is 13.1. The number of nitrogens with one attached hydrogen (secondary N) is 1. The van der Waals surface area contributed by atoms with Crippen LogP contribution in [0.5, 0.6) is 0 Å². The molecule has 14 heteroatoms. The number of fused-ring (bicyclic) bond motifs is 1. The summed E-state index contributed by atoms with van der Waals surface area (Å²) in [5.74, 6) is 0.0251. The van der Waals surface area contributed by atoms with Crippen molar-refractivity contribution in [3.8, 4) is 0 Å². The molecule has 0 saturated heterocycles. The molecule has 0 aromatic heterocycles. The Hall–Kier alpha value is -2.36. The molecule has 50 heavy (non-hydrogen) atoms. The highest BCUT2D eigenvalue weighted by atomic mass is 35.5. The zero-order valence-corrected chi connectivity index (χ0v) is 31.0. The average molecular weight is 745 g/mol. The number of nitrogens with zero attached hydrogens (tertiary/aromatic N) is 1. The Balaban J connectivity index is 0.00000867. The predicted molar refractivity (Wildman–Crippen MR) is 189 cm³/mol. The number of hydrogen-bond acceptors (Lipinski definition) is 10. The van der Waals surface area contributed by atoms with Gasteiger partial charge in [0.2, 0.25) is 5.91 Å². The highest BCUT2D eigenvalue weighted by Crippen LogP contribution is 2.40. The van der Waals surface area contributed by atoms with Crippen molar-refractivity contribution in [2.24, 2.45) is 0 Å². The first-order valence-corrected chi connectivity index (χ1v) is 17.6. The summed E-state index contributed by atoms with van der Waals surface area (Å²) in [6.45, 7) is 11.6. The number of carbonyl (C=O) groups excluding carboxylic acids is 2. The van der Waals surface area contributed by atoms with Gasteiger partial charge in [-0.1, -0.05) is 11.6 Å². The van der Waals surface area contributed by atoms with Gasteiger partial charge in [0.25, 0.3) is 0 Å². The Morgan fingerprint density at radius 3 is 1.72 bits per heavy atom. The van der Waals surface area contributed by atoms with Crippen LogP contribution in [-0.2, 0) is 38.0 Å². The fourth-order valence-electron chi connectivity index (χ4n) is 5.40. The molecule has 0 unspecified atom stereocenters. The van der Waals surface area contributed by atoms with E-state index in [1.54, 1.807) is 6.92 Å². The first-order chi connectivity index (χ1) is 23.9. The zero-order valence-electron chi connectivity index (χ0n) is 29.5. The minimum atomic E-state index is -0.0574. The Morgan fingerprint density at radius 2 is 1.24 bits per heavy atom. The number of anilines is 2. The normalized spacial score (nSPS) is 15.4. The lowest BCUT2D eigenvalue weighted by atomic mass is 9.89. The van der Waals surface area contributed by atoms with E-state index < -0.39 is 0 Å². The highest BCUT2D eigenvalue weighted by Gasteiger charge is 2.33. The van der Waals surface area contributed by atoms with E-state index in [0.29, 0.717) is 122 Å².